The molecule has 0 saturated heterocycles. The van der Waals surface area contributed by atoms with Crippen molar-refractivity contribution < 1.29 is 17.9 Å². The summed E-state index contributed by atoms with van der Waals surface area (Å²) in [5, 5.41) is 0. The zero-order valence-corrected chi connectivity index (χ0v) is 15.2. The molecule has 142 valence electrons. The van der Waals surface area contributed by atoms with Crippen molar-refractivity contribution in [1.29, 1.82) is 0 Å². The fraction of sp³-hybridized carbons (Fsp3) is 0.474. The van der Waals surface area contributed by atoms with Crippen LogP contribution < -0.4 is 10.5 Å². The zero-order valence-electron chi connectivity index (χ0n) is 15.2. The Labute approximate surface area is 151 Å². The molecule has 26 heavy (non-hydrogen) atoms. The first kappa shape index (κ1) is 20.2. The maximum Gasteiger partial charge on any atom is 0.267 e. The van der Waals surface area contributed by atoms with Crippen molar-refractivity contribution in [3.05, 3.63) is 41.9 Å². The summed E-state index contributed by atoms with van der Waals surface area (Å²) in [4.78, 5) is 8.32. The lowest BCUT2D eigenvalue weighted by molar-refractivity contribution is 0.141. The third kappa shape index (κ3) is 5.42. The largest absolute Gasteiger partial charge is 0.491 e. The number of hydrogen-bond acceptors (Lipinski definition) is 4. The molecular weight excluding hydrogens is 343 g/mol. The van der Waals surface area contributed by atoms with Gasteiger partial charge in [-0.25, -0.2) is 13.2 Å². The van der Waals surface area contributed by atoms with E-state index < -0.39 is 18.6 Å². The van der Waals surface area contributed by atoms with Gasteiger partial charge < -0.3 is 10.5 Å². The molecule has 0 aliphatic carbocycles. The quantitative estimate of drug-likeness (QED) is 0.747. The average molecular weight is 367 g/mol. The van der Waals surface area contributed by atoms with E-state index in [9.17, 15) is 13.2 Å². The van der Waals surface area contributed by atoms with Crippen molar-refractivity contribution in [3.8, 4) is 17.0 Å². The zero-order chi connectivity index (χ0) is 19.3. The summed E-state index contributed by atoms with van der Waals surface area (Å²) in [6.07, 6.45) is 0.594. The Kier molecular flexibility index (Phi) is 6.58. The number of nitrogens with two attached hydrogens (primary N) is 1. The van der Waals surface area contributed by atoms with Crippen LogP contribution in [0, 0.1) is 12.8 Å². The molecule has 0 saturated carbocycles. The van der Waals surface area contributed by atoms with Crippen LogP contribution >= 0.6 is 0 Å². The third-order valence-corrected chi connectivity index (χ3v) is 3.97. The molecule has 2 N–H and O–H groups in total. The number of ether oxygens (including phenoxy) is 1. The van der Waals surface area contributed by atoms with Gasteiger partial charge in [0.15, 0.2) is 0 Å². The van der Waals surface area contributed by atoms with Crippen LogP contribution in [-0.4, -0.2) is 28.8 Å². The van der Waals surface area contributed by atoms with E-state index in [2.05, 4.69) is 9.97 Å². The van der Waals surface area contributed by atoms with E-state index in [1.165, 1.54) is 12.3 Å². The van der Waals surface area contributed by atoms with Gasteiger partial charge in [-0.05, 0) is 44.4 Å². The molecule has 0 radical (unpaired) electrons. The first-order chi connectivity index (χ1) is 12.2. The lowest BCUT2D eigenvalue weighted by Crippen LogP contribution is -2.41. The highest BCUT2D eigenvalue weighted by Crippen LogP contribution is 2.32. The van der Waals surface area contributed by atoms with E-state index in [0.29, 0.717) is 17.7 Å². The Morgan fingerprint density at radius 3 is 2.62 bits per heavy atom. The summed E-state index contributed by atoms with van der Waals surface area (Å²) in [6.45, 7) is 4.77. The van der Waals surface area contributed by atoms with E-state index in [0.717, 1.165) is 5.69 Å². The minimum Gasteiger partial charge on any atom is -0.491 e. The highest BCUT2D eigenvalue weighted by atomic mass is 19.3. The van der Waals surface area contributed by atoms with Crippen LogP contribution in [0.5, 0.6) is 5.75 Å². The molecule has 2 atom stereocenters. The summed E-state index contributed by atoms with van der Waals surface area (Å²) in [6, 6.07) is 4.82. The molecule has 0 amide bonds. The van der Waals surface area contributed by atoms with Gasteiger partial charge in [0.25, 0.3) is 6.43 Å². The summed E-state index contributed by atoms with van der Waals surface area (Å²) in [5.41, 5.74) is 6.53. The molecule has 2 heterocycles. The Bertz CT molecular complexity index is 738. The van der Waals surface area contributed by atoms with Crippen LogP contribution in [0.4, 0.5) is 13.2 Å². The van der Waals surface area contributed by atoms with Gasteiger partial charge in [-0.1, -0.05) is 6.92 Å². The van der Waals surface area contributed by atoms with Crippen LogP contribution in [0.15, 0.2) is 30.6 Å². The van der Waals surface area contributed by atoms with E-state index >= 15 is 0 Å². The van der Waals surface area contributed by atoms with E-state index in [4.69, 9.17) is 10.5 Å². The molecule has 0 aromatic carbocycles. The smallest absolute Gasteiger partial charge is 0.267 e. The van der Waals surface area contributed by atoms with Crippen molar-refractivity contribution in [3.63, 3.8) is 0 Å². The molecule has 4 nitrogen and oxygen atoms in total. The van der Waals surface area contributed by atoms with Crippen molar-refractivity contribution >= 4 is 0 Å². The predicted molar refractivity (Wildman–Crippen MR) is 95.0 cm³/mol. The number of rotatable bonds is 8. The molecule has 0 aliphatic heterocycles. The van der Waals surface area contributed by atoms with Gasteiger partial charge in [-0.3, -0.25) is 9.97 Å². The van der Waals surface area contributed by atoms with Gasteiger partial charge in [-0.2, -0.15) is 0 Å². The van der Waals surface area contributed by atoms with Crippen LogP contribution in [0.1, 0.15) is 38.0 Å². The molecule has 7 heteroatoms. The second-order valence-corrected chi connectivity index (χ2v) is 7.00. The molecule has 0 fully saturated rings. The molecule has 0 aliphatic rings. The first-order valence-corrected chi connectivity index (χ1v) is 8.40. The summed E-state index contributed by atoms with van der Waals surface area (Å²) in [5.74, 6) is -0.0610. The number of halogens is 3. The summed E-state index contributed by atoms with van der Waals surface area (Å²) < 4.78 is 45.3. The van der Waals surface area contributed by atoms with Crippen LogP contribution in [0.25, 0.3) is 11.3 Å². The maximum atomic E-state index is 13.5. The standard InChI is InChI=1S/C19H24F3N3O/c1-12(8-19(3,23)11-20)10-26-17-9-25-16(7-15(17)18(21)22)14-4-5-24-13(2)6-14/h4-7,9,12,18H,8,10-11,23H2,1-3H3. The second-order valence-electron chi connectivity index (χ2n) is 7.00. The Balaban J connectivity index is 2.16. The van der Waals surface area contributed by atoms with Gasteiger partial charge in [0.2, 0.25) is 0 Å². The SMILES string of the molecule is Cc1cc(-c2cc(C(F)F)c(OCC(C)CC(C)(N)CF)cn2)ccn1. The number of hydrogen-bond donors (Lipinski definition) is 1. The Hall–Kier alpha value is -2.15. The highest BCUT2D eigenvalue weighted by molar-refractivity contribution is 5.61. The molecule has 2 unspecified atom stereocenters. The summed E-state index contributed by atoms with van der Waals surface area (Å²) >= 11 is 0. The van der Waals surface area contributed by atoms with E-state index in [-0.39, 0.29) is 23.8 Å². The van der Waals surface area contributed by atoms with Crippen molar-refractivity contribution in [1.82, 2.24) is 9.97 Å². The lowest BCUT2D eigenvalue weighted by Gasteiger charge is -2.25. The maximum absolute atomic E-state index is 13.5. The number of aryl methyl sites for hydroxylation is 1. The number of alkyl halides is 3. The number of pyridine rings is 2. The normalized spacial score (nSPS) is 14.9. The minimum atomic E-state index is -2.70. The van der Waals surface area contributed by atoms with Gasteiger partial charge in [0.1, 0.15) is 12.4 Å². The van der Waals surface area contributed by atoms with Crippen LogP contribution in [-0.2, 0) is 0 Å². The Morgan fingerprint density at radius 1 is 1.27 bits per heavy atom. The lowest BCUT2D eigenvalue weighted by atomic mass is 9.92. The van der Waals surface area contributed by atoms with Crippen LogP contribution in [0.2, 0.25) is 0 Å². The molecule has 2 aromatic heterocycles. The fourth-order valence-corrected chi connectivity index (χ4v) is 2.75. The fourth-order valence-electron chi connectivity index (χ4n) is 2.75. The van der Waals surface area contributed by atoms with Crippen molar-refractivity contribution in [2.45, 2.75) is 39.2 Å². The monoisotopic (exact) mass is 367 g/mol. The topological polar surface area (TPSA) is 61.0 Å². The van der Waals surface area contributed by atoms with E-state index in [1.807, 2.05) is 13.8 Å². The van der Waals surface area contributed by atoms with E-state index in [1.54, 1.807) is 25.3 Å². The number of nitrogens with zero attached hydrogens (tertiary/aromatic N) is 2. The third-order valence-electron chi connectivity index (χ3n) is 3.97. The van der Waals surface area contributed by atoms with Gasteiger partial charge in [-0.15, -0.1) is 0 Å². The molecule has 0 bridgehead atoms. The average Bonchev–Trinajstić information content (AvgIpc) is 2.59. The Morgan fingerprint density at radius 2 is 2.00 bits per heavy atom. The molecule has 0 spiro atoms. The van der Waals surface area contributed by atoms with Crippen molar-refractivity contribution in [2.24, 2.45) is 11.7 Å². The first-order valence-electron chi connectivity index (χ1n) is 8.40. The van der Waals surface area contributed by atoms with Crippen molar-refractivity contribution in [2.75, 3.05) is 13.3 Å². The van der Waals surface area contributed by atoms with Gasteiger partial charge >= 0.3 is 0 Å². The molecule has 2 aromatic rings. The van der Waals surface area contributed by atoms with Gasteiger partial charge in [0, 0.05) is 23.0 Å². The van der Waals surface area contributed by atoms with Gasteiger partial charge in [0.05, 0.1) is 24.1 Å². The number of aromatic nitrogens is 2. The highest BCUT2D eigenvalue weighted by Gasteiger charge is 2.23. The second kappa shape index (κ2) is 8.49. The predicted octanol–water partition coefficient (Wildman–Crippen LogP) is 4.48. The summed E-state index contributed by atoms with van der Waals surface area (Å²) in [7, 11) is 0. The molecular formula is C19H24F3N3O. The van der Waals surface area contributed by atoms with Crippen LogP contribution in [0.3, 0.4) is 0 Å². The molecule has 2 rings (SSSR count). The minimum absolute atomic E-state index is 0.0281.